The number of carbonyl (C=O) groups excluding carboxylic acids is 1. The Morgan fingerprint density at radius 3 is 2.48 bits per heavy atom. The highest BCUT2D eigenvalue weighted by atomic mass is 32.2. The molecule has 0 aliphatic carbocycles. The molecule has 27 heavy (non-hydrogen) atoms. The molecule has 146 valence electrons. The number of ether oxygens (including phenoxy) is 1. The molecular weight excluding hydrogens is 368 g/mol. The minimum Gasteiger partial charge on any atom is -0.472 e. The Morgan fingerprint density at radius 2 is 1.89 bits per heavy atom. The fourth-order valence-electron chi connectivity index (χ4n) is 3.09. The molecule has 2 heterocycles. The van der Waals surface area contributed by atoms with Crippen LogP contribution in [0.5, 0.6) is 0 Å². The zero-order chi connectivity index (χ0) is 19.3. The number of sulfonamides is 1. The molecule has 8 heteroatoms. The first-order valence-corrected chi connectivity index (χ1v) is 10.4. The van der Waals surface area contributed by atoms with Gasteiger partial charge in [0, 0.05) is 44.4 Å². The number of furan rings is 1. The van der Waals surface area contributed by atoms with Crippen LogP contribution in [-0.2, 0) is 21.3 Å². The number of carbonyl (C=O) groups is 1. The molecule has 0 saturated carbocycles. The van der Waals surface area contributed by atoms with Gasteiger partial charge in [0.15, 0.2) is 0 Å². The highest BCUT2D eigenvalue weighted by Crippen LogP contribution is 2.21. The van der Waals surface area contributed by atoms with Crippen molar-refractivity contribution in [1.82, 2.24) is 9.21 Å². The van der Waals surface area contributed by atoms with Crippen molar-refractivity contribution in [3.05, 3.63) is 54.0 Å². The quantitative estimate of drug-likeness (QED) is 0.689. The van der Waals surface area contributed by atoms with Crippen LogP contribution in [0.1, 0.15) is 28.8 Å². The molecule has 0 radical (unpaired) electrons. The molecule has 1 aromatic carbocycles. The topological polar surface area (TPSA) is 80.1 Å². The van der Waals surface area contributed by atoms with Gasteiger partial charge in [-0.2, -0.15) is 4.31 Å². The fourth-order valence-corrected chi connectivity index (χ4v) is 4.60. The molecule has 1 aliphatic rings. The van der Waals surface area contributed by atoms with Crippen LogP contribution in [0.15, 0.2) is 52.2 Å². The second-order valence-electron chi connectivity index (χ2n) is 6.49. The van der Waals surface area contributed by atoms with Gasteiger partial charge in [-0.1, -0.05) is 0 Å². The van der Waals surface area contributed by atoms with Crippen molar-refractivity contribution in [2.75, 3.05) is 33.4 Å². The van der Waals surface area contributed by atoms with Crippen LogP contribution >= 0.6 is 0 Å². The number of amides is 1. The van der Waals surface area contributed by atoms with Crippen LogP contribution in [0.3, 0.4) is 0 Å². The lowest BCUT2D eigenvalue weighted by Crippen LogP contribution is -2.33. The maximum atomic E-state index is 12.9. The van der Waals surface area contributed by atoms with E-state index in [0.29, 0.717) is 38.3 Å². The van der Waals surface area contributed by atoms with Crippen molar-refractivity contribution in [3.8, 4) is 0 Å². The second kappa shape index (κ2) is 8.69. The zero-order valence-corrected chi connectivity index (χ0v) is 16.2. The summed E-state index contributed by atoms with van der Waals surface area (Å²) in [6, 6.07) is 7.96. The number of nitrogens with zero attached hydrogens (tertiary/aromatic N) is 2. The minimum absolute atomic E-state index is 0.182. The van der Waals surface area contributed by atoms with E-state index in [1.807, 2.05) is 0 Å². The average Bonchev–Trinajstić information content (AvgIpc) is 3.38. The molecule has 0 bridgehead atoms. The molecule has 0 atom stereocenters. The van der Waals surface area contributed by atoms with E-state index in [4.69, 9.17) is 9.15 Å². The van der Waals surface area contributed by atoms with E-state index in [1.54, 1.807) is 42.7 Å². The van der Waals surface area contributed by atoms with Gasteiger partial charge in [0.25, 0.3) is 5.91 Å². The average molecular weight is 392 g/mol. The van der Waals surface area contributed by atoms with Gasteiger partial charge in [0.05, 0.1) is 24.0 Å². The lowest BCUT2D eigenvalue weighted by atomic mass is 10.2. The Labute approximate surface area is 159 Å². The maximum Gasteiger partial charge on any atom is 0.254 e. The third kappa shape index (κ3) is 4.58. The van der Waals surface area contributed by atoms with E-state index in [2.05, 4.69) is 0 Å². The van der Waals surface area contributed by atoms with Crippen molar-refractivity contribution < 1.29 is 22.4 Å². The van der Waals surface area contributed by atoms with Gasteiger partial charge in [0.1, 0.15) is 0 Å². The first kappa shape index (κ1) is 19.6. The summed E-state index contributed by atoms with van der Waals surface area (Å²) in [4.78, 5) is 14.7. The number of hydrogen-bond donors (Lipinski definition) is 0. The van der Waals surface area contributed by atoms with E-state index in [-0.39, 0.29) is 10.8 Å². The Morgan fingerprint density at radius 1 is 1.19 bits per heavy atom. The Balaban J connectivity index is 1.76. The third-order valence-electron chi connectivity index (χ3n) is 4.61. The molecule has 1 fully saturated rings. The van der Waals surface area contributed by atoms with Gasteiger partial charge >= 0.3 is 0 Å². The number of hydrogen-bond acceptors (Lipinski definition) is 5. The lowest BCUT2D eigenvalue weighted by Gasteiger charge is -2.22. The smallest absolute Gasteiger partial charge is 0.254 e. The molecule has 1 aliphatic heterocycles. The SMILES string of the molecule is COCCN(Cc1ccoc1)C(=O)c1ccc(S(=O)(=O)N2CCCC2)cc1. The molecule has 0 unspecified atom stereocenters. The van der Waals surface area contributed by atoms with Crippen LogP contribution in [0, 0.1) is 0 Å². The molecule has 1 amide bonds. The maximum absolute atomic E-state index is 12.9. The minimum atomic E-state index is -3.48. The highest BCUT2D eigenvalue weighted by molar-refractivity contribution is 7.89. The van der Waals surface area contributed by atoms with Crippen molar-refractivity contribution in [2.24, 2.45) is 0 Å². The molecule has 1 saturated heterocycles. The highest BCUT2D eigenvalue weighted by Gasteiger charge is 2.27. The molecule has 0 N–H and O–H groups in total. The van der Waals surface area contributed by atoms with Gasteiger partial charge in [0.2, 0.25) is 10.0 Å². The normalized spacial score (nSPS) is 15.1. The van der Waals surface area contributed by atoms with Gasteiger partial charge in [-0.3, -0.25) is 4.79 Å². The Kier molecular flexibility index (Phi) is 6.30. The van der Waals surface area contributed by atoms with Crippen LogP contribution in [0.25, 0.3) is 0 Å². The summed E-state index contributed by atoms with van der Waals surface area (Å²) in [7, 11) is -1.90. The summed E-state index contributed by atoms with van der Waals surface area (Å²) in [5.41, 5.74) is 1.32. The van der Waals surface area contributed by atoms with Crippen molar-refractivity contribution in [2.45, 2.75) is 24.3 Å². The summed E-state index contributed by atoms with van der Waals surface area (Å²) < 4.78 is 36.9. The van der Waals surface area contributed by atoms with Gasteiger partial charge in [-0.15, -0.1) is 0 Å². The van der Waals surface area contributed by atoms with E-state index in [9.17, 15) is 13.2 Å². The largest absolute Gasteiger partial charge is 0.472 e. The molecular formula is C19H24N2O5S. The summed E-state index contributed by atoms with van der Waals surface area (Å²) in [6.45, 7) is 2.34. The van der Waals surface area contributed by atoms with Crippen LogP contribution in [0.2, 0.25) is 0 Å². The molecule has 1 aromatic heterocycles. The van der Waals surface area contributed by atoms with Crippen LogP contribution < -0.4 is 0 Å². The number of benzene rings is 1. The molecule has 7 nitrogen and oxygen atoms in total. The summed E-state index contributed by atoms with van der Waals surface area (Å²) in [5.74, 6) is -0.182. The fraction of sp³-hybridized carbons (Fsp3) is 0.421. The van der Waals surface area contributed by atoms with E-state index < -0.39 is 10.0 Å². The summed E-state index contributed by atoms with van der Waals surface area (Å²) >= 11 is 0. The van der Waals surface area contributed by atoms with E-state index in [0.717, 1.165) is 18.4 Å². The number of methoxy groups -OCH3 is 1. The van der Waals surface area contributed by atoms with Crippen molar-refractivity contribution in [3.63, 3.8) is 0 Å². The van der Waals surface area contributed by atoms with Gasteiger partial charge < -0.3 is 14.1 Å². The Bertz CT molecular complexity index is 841. The second-order valence-corrected chi connectivity index (χ2v) is 8.42. The first-order valence-electron chi connectivity index (χ1n) is 8.92. The summed E-state index contributed by atoms with van der Waals surface area (Å²) in [6.07, 6.45) is 4.93. The summed E-state index contributed by atoms with van der Waals surface area (Å²) in [5, 5.41) is 0. The standard InChI is InChI=1S/C19H24N2O5S/c1-25-13-11-20(14-16-8-12-26-15-16)19(22)17-4-6-18(7-5-17)27(23,24)21-9-2-3-10-21/h4-8,12,15H,2-3,9-11,13-14H2,1H3. The van der Waals surface area contributed by atoms with Crippen molar-refractivity contribution >= 4 is 15.9 Å². The predicted molar refractivity (Wildman–Crippen MR) is 99.8 cm³/mol. The first-order chi connectivity index (χ1) is 13.0. The lowest BCUT2D eigenvalue weighted by molar-refractivity contribution is 0.0680. The van der Waals surface area contributed by atoms with Crippen LogP contribution in [-0.4, -0.2) is 56.9 Å². The molecule has 2 aromatic rings. The number of rotatable bonds is 8. The van der Waals surface area contributed by atoms with Gasteiger partial charge in [-0.05, 0) is 43.2 Å². The van der Waals surface area contributed by atoms with E-state index >= 15 is 0 Å². The predicted octanol–water partition coefficient (Wildman–Crippen LogP) is 2.35. The molecule has 3 rings (SSSR count). The third-order valence-corrected chi connectivity index (χ3v) is 6.52. The van der Waals surface area contributed by atoms with Gasteiger partial charge in [-0.25, -0.2) is 8.42 Å². The van der Waals surface area contributed by atoms with Crippen LogP contribution in [0.4, 0.5) is 0 Å². The van der Waals surface area contributed by atoms with E-state index in [1.165, 1.54) is 16.4 Å². The van der Waals surface area contributed by atoms with Crippen molar-refractivity contribution in [1.29, 1.82) is 0 Å². The Hall–Kier alpha value is -2.16. The monoisotopic (exact) mass is 392 g/mol. The molecule has 0 spiro atoms. The zero-order valence-electron chi connectivity index (χ0n) is 15.3.